The molecule has 118 valence electrons. The molecule has 1 aliphatic rings. The van der Waals surface area contributed by atoms with Gasteiger partial charge in [-0.3, -0.25) is 0 Å². The predicted octanol–water partition coefficient (Wildman–Crippen LogP) is 1.82. The number of carbonyl (C=O) groups is 1. The molecule has 0 bridgehead atoms. The van der Waals surface area contributed by atoms with Gasteiger partial charge in [0, 0.05) is 17.5 Å². The number of carboxylic acid groups (broad SMARTS) is 1. The van der Waals surface area contributed by atoms with Gasteiger partial charge in [0.05, 0.1) is 29.1 Å². The number of hydrogen-bond acceptors (Lipinski definition) is 5. The molecule has 2 heterocycles. The van der Waals surface area contributed by atoms with Crippen LogP contribution in [-0.2, 0) is 17.9 Å². The number of aliphatic hydroxyl groups is 1. The summed E-state index contributed by atoms with van der Waals surface area (Å²) in [4.78, 5) is 15.4. The van der Waals surface area contributed by atoms with Crippen LogP contribution in [0.1, 0.15) is 16.8 Å². The molecule has 0 unspecified atom stereocenters. The molecule has 1 aromatic carbocycles. The summed E-state index contributed by atoms with van der Waals surface area (Å²) in [6.07, 6.45) is 0. The Hall–Kier alpha value is -2.86. The van der Waals surface area contributed by atoms with Crippen LogP contribution >= 0.6 is 0 Å². The second-order valence-corrected chi connectivity index (χ2v) is 5.29. The van der Waals surface area contributed by atoms with Crippen LogP contribution in [0.15, 0.2) is 36.9 Å². The van der Waals surface area contributed by atoms with Gasteiger partial charge in [0.2, 0.25) is 0 Å². The molecule has 0 saturated carbocycles. The van der Waals surface area contributed by atoms with E-state index < -0.39 is 5.97 Å². The molecule has 0 atom stereocenters. The van der Waals surface area contributed by atoms with Crippen LogP contribution in [0.25, 0.3) is 16.6 Å². The quantitative estimate of drug-likeness (QED) is 0.730. The number of nitrogens with one attached hydrogen (secondary N) is 1. The minimum atomic E-state index is -1.11. The lowest BCUT2D eigenvalue weighted by atomic mass is 10.0. The van der Waals surface area contributed by atoms with Gasteiger partial charge in [0.15, 0.2) is 0 Å². The first kappa shape index (κ1) is 15.1. The molecule has 0 fully saturated rings. The largest absolute Gasteiger partial charge is 0.488 e. The van der Waals surface area contributed by atoms with E-state index in [1.807, 2.05) is 6.07 Å². The minimum Gasteiger partial charge on any atom is -0.488 e. The first-order valence-corrected chi connectivity index (χ1v) is 7.04. The van der Waals surface area contributed by atoms with E-state index in [0.717, 1.165) is 27.9 Å². The van der Waals surface area contributed by atoms with Gasteiger partial charge in [-0.2, -0.15) is 0 Å². The monoisotopic (exact) mass is 312 g/mol. The minimum absolute atomic E-state index is 0.0541. The predicted molar refractivity (Wildman–Crippen MR) is 85.8 cm³/mol. The Balaban J connectivity index is 2.02. The molecule has 6 heteroatoms. The van der Waals surface area contributed by atoms with Crippen LogP contribution in [0.2, 0.25) is 0 Å². The van der Waals surface area contributed by atoms with E-state index in [-0.39, 0.29) is 18.8 Å². The Morgan fingerprint density at radius 3 is 2.91 bits per heavy atom. The number of nitrogens with zero attached hydrogens (tertiary/aromatic N) is 1. The molecule has 1 aromatic heterocycles. The lowest BCUT2D eigenvalue weighted by molar-refractivity contribution is -0.133. The number of carboxylic acids is 1. The second kappa shape index (κ2) is 5.73. The summed E-state index contributed by atoms with van der Waals surface area (Å²) in [7, 11) is 0. The third-order valence-electron chi connectivity index (χ3n) is 3.79. The van der Waals surface area contributed by atoms with Gasteiger partial charge >= 0.3 is 5.97 Å². The van der Waals surface area contributed by atoms with Gasteiger partial charge in [0.1, 0.15) is 12.4 Å². The number of aromatic nitrogens is 1. The molecular weight excluding hydrogens is 296 g/mol. The van der Waals surface area contributed by atoms with Gasteiger partial charge in [0.25, 0.3) is 0 Å². The average molecular weight is 312 g/mol. The van der Waals surface area contributed by atoms with Gasteiger partial charge < -0.3 is 20.3 Å². The maximum absolute atomic E-state index is 10.8. The highest BCUT2D eigenvalue weighted by molar-refractivity contribution is 5.88. The topological polar surface area (TPSA) is 91.7 Å². The summed E-state index contributed by atoms with van der Waals surface area (Å²) >= 11 is 0. The first-order valence-electron chi connectivity index (χ1n) is 7.04. The summed E-state index contributed by atoms with van der Waals surface area (Å²) < 4.78 is 5.50. The normalized spacial score (nSPS) is 12.8. The fourth-order valence-corrected chi connectivity index (χ4v) is 2.53. The van der Waals surface area contributed by atoms with E-state index in [4.69, 9.17) is 9.84 Å². The smallest absolute Gasteiger partial charge is 0.334 e. The van der Waals surface area contributed by atoms with Gasteiger partial charge in [-0.1, -0.05) is 13.2 Å². The van der Waals surface area contributed by atoms with E-state index in [9.17, 15) is 9.90 Å². The molecule has 3 rings (SSSR count). The van der Waals surface area contributed by atoms with Crippen molar-refractivity contribution in [1.82, 2.24) is 10.3 Å². The number of fused-ring (bicyclic) bond motifs is 2. The molecule has 6 nitrogen and oxygen atoms in total. The Labute approximate surface area is 132 Å². The van der Waals surface area contributed by atoms with Gasteiger partial charge in [-0.25, -0.2) is 9.78 Å². The first-order chi connectivity index (χ1) is 11.0. The summed E-state index contributed by atoms with van der Waals surface area (Å²) in [5.41, 5.74) is 3.86. The molecule has 2 aromatic rings. The summed E-state index contributed by atoms with van der Waals surface area (Å²) in [5.74, 6) is -0.686. The van der Waals surface area contributed by atoms with E-state index in [2.05, 4.69) is 23.5 Å². The van der Waals surface area contributed by atoms with Crippen molar-refractivity contribution in [3.05, 3.63) is 53.8 Å². The van der Waals surface area contributed by atoms with Crippen LogP contribution in [0.3, 0.4) is 0 Å². The lowest BCUT2D eigenvalue weighted by Gasteiger charge is -2.13. The fourth-order valence-electron chi connectivity index (χ4n) is 2.53. The molecule has 3 N–H and O–H groups in total. The highest BCUT2D eigenvalue weighted by Gasteiger charge is 2.19. The lowest BCUT2D eigenvalue weighted by Crippen LogP contribution is -2.10. The zero-order chi connectivity index (χ0) is 16.6. The number of ether oxygens (including phenoxy) is 1. The Kier molecular flexibility index (Phi) is 3.75. The van der Waals surface area contributed by atoms with Crippen molar-refractivity contribution >= 4 is 22.6 Å². The van der Waals surface area contributed by atoms with E-state index in [1.165, 1.54) is 0 Å². The molecule has 0 saturated heterocycles. The van der Waals surface area contributed by atoms with Gasteiger partial charge in [-0.05, 0) is 23.8 Å². The summed E-state index contributed by atoms with van der Waals surface area (Å²) in [5, 5.41) is 22.5. The van der Waals surface area contributed by atoms with E-state index in [0.29, 0.717) is 17.9 Å². The molecule has 0 spiro atoms. The maximum atomic E-state index is 10.8. The van der Waals surface area contributed by atoms with Crippen molar-refractivity contribution in [1.29, 1.82) is 0 Å². The molecule has 0 radical (unpaired) electrons. The number of rotatable bonds is 5. The average Bonchev–Trinajstić information content (AvgIpc) is 2.90. The summed E-state index contributed by atoms with van der Waals surface area (Å²) in [6, 6.07) is 5.40. The van der Waals surface area contributed by atoms with Gasteiger partial charge in [-0.15, -0.1) is 0 Å². The van der Waals surface area contributed by atoms with Crippen molar-refractivity contribution in [3.8, 4) is 5.75 Å². The Bertz CT molecular complexity index is 842. The van der Waals surface area contributed by atoms with Crippen molar-refractivity contribution in [2.24, 2.45) is 0 Å². The van der Waals surface area contributed by atoms with Crippen LogP contribution < -0.4 is 10.1 Å². The van der Waals surface area contributed by atoms with Crippen LogP contribution in [0, 0.1) is 0 Å². The molecule has 0 amide bonds. The number of aliphatic carboxylic acids is 1. The third kappa shape index (κ3) is 2.64. The Morgan fingerprint density at radius 2 is 2.22 bits per heavy atom. The molecular formula is C17H16N2O4. The van der Waals surface area contributed by atoms with Crippen LogP contribution in [0.4, 0.5) is 0 Å². The highest BCUT2D eigenvalue weighted by atomic mass is 16.5. The number of aliphatic hydroxyl groups excluding tert-OH is 1. The number of benzene rings is 1. The molecule has 0 aliphatic carbocycles. The number of hydrogen-bond donors (Lipinski definition) is 3. The zero-order valence-electron chi connectivity index (χ0n) is 12.4. The Morgan fingerprint density at radius 1 is 1.43 bits per heavy atom. The maximum Gasteiger partial charge on any atom is 0.334 e. The van der Waals surface area contributed by atoms with Crippen molar-refractivity contribution in [2.75, 3.05) is 6.61 Å². The zero-order valence-corrected chi connectivity index (χ0v) is 12.4. The molecule has 23 heavy (non-hydrogen) atoms. The second-order valence-electron chi connectivity index (χ2n) is 5.29. The van der Waals surface area contributed by atoms with Crippen LogP contribution in [0.5, 0.6) is 5.75 Å². The van der Waals surface area contributed by atoms with Crippen molar-refractivity contribution < 1.29 is 19.7 Å². The summed E-state index contributed by atoms with van der Waals surface area (Å²) in [6.45, 7) is 7.60. The van der Waals surface area contributed by atoms with E-state index in [1.54, 1.807) is 12.1 Å². The fraction of sp³-hybridized carbons (Fsp3) is 0.176. The number of pyridine rings is 1. The third-order valence-corrected chi connectivity index (χ3v) is 3.79. The van der Waals surface area contributed by atoms with Crippen molar-refractivity contribution in [3.63, 3.8) is 0 Å². The van der Waals surface area contributed by atoms with Crippen molar-refractivity contribution in [2.45, 2.75) is 13.2 Å². The SMILES string of the molecule is C=C(COc1ccc2nc3c(cc2c1CO)CNC3=C)C(=O)O. The highest BCUT2D eigenvalue weighted by Crippen LogP contribution is 2.32. The molecule has 1 aliphatic heterocycles. The van der Waals surface area contributed by atoms with E-state index >= 15 is 0 Å². The standard InChI is InChI=1S/C17H16N2O4/c1-9(17(21)22)8-23-15-4-3-14-12(13(15)7-20)5-11-6-18-10(2)16(11)19-14/h3-5,18,20H,1-2,6-8H2,(H,21,22). The van der Waals surface area contributed by atoms with Crippen LogP contribution in [-0.4, -0.2) is 27.8 Å².